The molecule has 0 saturated carbocycles. The van der Waals surface area contributed by atoms with Crippen molar-refractivity contribution in [2.45, 2.75) is 12.6 Å². The van der Waals surface area contributed by atoms with Gasteiger partial charge < -0.3 is 10.1 Å². The van der Waals surface area contributed by atoms with E-state index >= 15 is 0 Å². The monoisotopic (exact) mass is 267 g/mol. The molecule has 3 nitrogen and oxygen atoms in total. The van der Waals surface area contributed by atoms with Gasteiger partial charge in [0.1, 0.15) is 6.61 Å². The number of carbonyl (C=O) groups excluding carboxylic acids is 1. The molecule has 0 atom stereocenters. The fraction of sp³-hybridized carbons (Fsp3) is 0.500. The Kier molecular flexibility index (Phi) is 5.43. The zero-order valence-electron chi connectivity index (χ0n) is 8.92. The van der Waals surface area contributed by atoms with E-state index in [9.17, 15) is 18.0 Å². The van der Waals surface area contributed by atoms with Crippen molar-refractivity contribution in [3.8, 4) is 0 Å². The second-order valence-electron chi connectivity index (χ2n) is 3.25. The van der Waals surface area contributed by atoms with E-state index in [2.05, 4.69) is 10.1 Å². The molecule has 0 fully saturated rings. The molecule has 0 saturated heterocycles. The largest absolute Gasteiger partial charge is 0.411 e. The molecule has 1 aromatic heterocycles. The van der Waals surface area contributed by atoms with Gasteiger partial charge >= 0.3 is 6.18 Å². The van der Waals surface area contributed by atoms with Crippen molar-refractivity contribution in [3.05, 3.63) is 22.4 Å². The van der Waals surface area contributed by atoms with Gasteiger partial charge in [0.15, 0.2) is 0 Å². The number of thiophene rings is 1. The number of amides is 1. The predicted molar refractivity (Wildman–Crippen MR) is 58.1 cm³/mol. The molecule has 0 spiro atoms. The number of rotatable bonds is 6. The van der Waals surface area contributed by atoms with Crippen LogP contribution in [0.5, 0.6) is 0 Å². The third-order valence-corrected chi connectivity index (χ3v) is 2.63. The molecule has 0 aliphatic carbocycles. The van der Waals surface area contributed by atoms with Crippen molar-refractivity contribution in [2.24, 2.45) is 0 Å². The number of halogens is 3. The van der Waals surface area contributed by atoms with Crippen molar-refractivity contribution < 1.29 is 22.7 Å². The predicted octanol–water partition coefficient (Wildman–Crippen LogP) is 2.45. The first-order valence-corrected chi connectivity index (χ1v) is 5.83. The van der Waals surface area contributed by atoms with Gasteiger partial charge in [-0.3, -0.25) is 4.79 Å². The maximum Gasteiger partial charge on any atom is 0.411 e. The van der Waals surface area contributed by atoms with Crippen LogP contribution in [0.15, 0.2) is 17.5 Å². The summed E-state index contributed by atoms with van der Waals surface area (Å²) in [5, 5.41) is 4.37. The molecule has 0 aromatic carbocycles. The van der Waals surface area contributed by atoms with Gasteiger partial charge in [-0.15, -0.1) is 11.3 Å². The van der Waals surface area contributed by atoms with Gasteiger partial charge in [-0.25, -0.2) is 0 Å². The number of alkyl halides is 3. The molecule has 0 aliphatic heterocycles. The molecule has 0 radical (unpaired) electrons. The lowest BCUT2D eigenvalue weighted by atomic mass is 10.4. The highest BCUT2D eigenvalue weighted by Crippen LogP contribution is 2.14. The van der Waals surface area contributed by atoms with Gasteiger partial charge in [-0.05, 0) is 17.9 Å². The van der Waals surface area contributed by atoms with Crippen molar-refractivity contribution in [1.29, 1.82) is 0 Å². The molecule has 0 aliphatic rings. The summed E-state index contributed by atoms with van der Waals surface area (Å²) in [6.07, 6.45) is -3.94. The van der Waals surface area contributed by atoms with E-state index in [-0.39, 0.29) is 12.5 Å². The Morgan fingerprint density at radius 3 is 2.82 bits per heavy atom. The summed E-state index contributed by atoms with van der Waals surface area (Å²) < 4.78 is 39.5. The zero-order chi connectivity index (χ0) is 12.7. The zero-order valence-corrected chi connectivity index (χ0v) is 9.74. The Morgan fingerprint density at radius 1 is 1.47 bits per heavy atom. The topological polar surface area (TPSA) is 38.3 Å². The minimum absolute atomic E-state index is 0.0236. The summed E-state index contributed by atoms with van der Waals surface area (Å²) in [7, 11) is 0. The molecule has 1 heterocycles. The number of ether oxygens (including phenoxy) is 1. The van der Waals surface area contributed by atoms with Gasteiger partial charge in [0, 0.05) is 13.2 Å². The van der Waals surface area contributed by atoms with E-state index in [4.69, 9.17) is 0 Å². The smallest absolute Gasteiger partial charge is 0.372 e. The maximum absolute atomic E-state index is 11.7. The lowest BCUT2D eigenvalue weighted by Gasteiger charge is -2.07. The highest BCUT2D eigenvalue weighted by atomic mass is 32.1. The first-order chi connectivity index (χ1) is 7.99. The van der Waals surface area contributed by atoms with E-state index in [0.29, 0.717) is 17.8 Å². The van der Waals surface area contributed by atoms with Gasteiger partial charge in [0.05, 0.1) is 4.88 Å². The molecule has 17 heavy (non-hydrogen) atoms. The van der Waals surface area contributed by atoms with Gasteiger partial charge in [0.2, 0.25) is 0 Å². The van der Waals surface area contributed by atoms with Crippen LogP contribution in [0, 0.1) is 0 Å². The standard InChI is InChI=1S/C10H12F3NO2S/c11-10(12,13)7-16-5-2-4-14-9(15)8-3-1-6-17-8/h1,3,6H,2,4-5,7H2,(H,14,15). The molecule has 7 heteroatoms. The van der Waals surface area contributed by atoms with Crippen LogP contribution in [0.2, 0.25) is 0 Å². The minimum Gasteiger partial charge on any atom is -0.372 e. The first-order valence-electron chi connectivity index (χ1n) is 4.95. The van der Waals surface area contributed by atoms with Crippen molar-refractivity contribution in [3.63, 3.8) is 0 Å². The lowest BCUT2D eigenvalue weighted by Crippen LogP contribution is -2.25. The van der Waals surface area contributed by atoms with E-state index < -0.39 is 12.8 Å². The third kappa shape index (κ3) is 6.28. The molecule has 1 aromatic rings. The van der Waals surface area contributed by atoms with Crippen LogP contribution < -0.4 is 5.32 Å². The summed E-state index contributed by atoms with van der Waals surface area (Å²) in [5.74, 6) is -0.212. The van der Waals surface area contributed by atoms with E-state index in [1.807, 2.05) is 0 Å². The minimum atomic E-state index is -4.29. The second kappa shape index (κ2) is 6.61. The average molecular weight is 267 g/mol. The Bertz CT molecular complexity index is 338. The SMILES string of the molecule is O=C(NCCCOCC(F)(F)F)c1cccs1. The first kappa shape index (κ1) is 14.0. The van der Waals surface area contributed by atoms with Crippen LogP contribution in [0.25, 0.3) is 0 Å². The fourth-order valence-corrected chi connectivity index (χ4v) is 1.70. The lowest BCUT2D eigenvalue weighted by molar-refractivity contribution is -0.173. The Morgan fingerprint density at radius 2 is 2.24 bits per heavy atom. The Labute approximate surface area is 101 Å². The summed E-state index contributed by atoms with van der Waals surface area (Å²) >= 11 is 1.31. The van der Waals surface area contributed by atoms with E-state index in [1.165, 1.54) is 11.3 Å². The van der Waals surface area contributed by atoms with Crippen LogP contribution in [0.4, 0.5) is 13.2 Å². The van der Waals surface area contributed by atoms with Crippen LogP contribution in [-0.2, 0) is 4.74 Å². The quantitative estimate of drug-likeness (QED) is 0.804. The highest BCUT2D eigenvalue weighted by molar-refractivity contribution is 7.12. The number of hydrogen-bond donors (Lipinski definition) is 1. The van der Waals surface area contributed by atoms with Crippen molar-refractivity contribution in [2.75, 3.05) is 19.8 Å². The molecule has 0 bridgehead atoms. The molecule has 1 N–H and O–H groups in total. The maximum atomic E-state index is 11.7. The summed E-state index contributed by atoms with van der Waals surface area (Å²) in [5.41, 5.74) is 0. The second-order valence-corrected chi connectivity index (χ2v) is 4.20. The highest BCUT2D eigenvalue weighted by Gasteiger charge is 2.27. The molecular formula is C10H12F3NO2S. The molecule has 1 amide bonds. The third-order valence-electron chi connectivity index (χ3n) is 1.76. The fourth-order valence-electron chi connectivity index (χ4n) is 1.06. The van der Waals surface area contributed by atoms with Crippen LogP contribution in [-0.4, -0.2) is 31.8 Å². The van der Waals surface area contributed by atoms with Gasteiger partial charge in [0.25, 0.3) is 5.91 Å². The normalized spacial score (nSPS) is 11.5. The number of carbonyl (C=O) groups is 1. The molecular weight excluding hydrogens is 255 g/mol. The summed E-state index contributed by atoms with van der Waals surface area (Å²) in [6.45, 7) is -0.968. The number of nitrogens with one attached hydrogen (secondary N) is 1. The van der Waals surface area contributed by atoms with Gasteiger partial charge in [-0.1, -0.05) is 6.07 Å². The Hall–Kier alpha value is -1.08. The molecule has 1 rings (SSSR count). The average Bonchev–Trinajstić information content (AvgIpc) is 2.74. The summed E-state index contributed by atoms with van der Waals surface area (Å²) in [6, 6.07) is 3.44. The molecule has 0 unspecified atom stereocenters. The molecule has 96 valence electrons. The van der Waals surface area contributed by atoms with Crippen molar-refractivity contribution in [1.82, 2.24) is 5.32 Å². The van der Waals surface area contributed by atoms with Gasteiger partial charge in [-0.2, -0.15) is 13.2 Å². The van der Waals surface area contributed by atoms with E-state index in [0.717, 1.165) is 0 Å². The number of hydrogen-bond acceptors (Lipinski definition) is 3. The van der Waals surface area contributed by atoms with Crippen molar-refractivity contribution >= 4 is 17.2 Å². The van der Waals surface area contributed by atoms with E-state index in [1.54, 1.807) is 17.5 Å². The Balaban J connectivity index is 2.03. The van der Waals surface area contributed by atoms with Crippen LogP contribution in [0.3, 0.4) is 0 Å². The summed E-state index contributed by atoms with van der Waals surface area (Å²) in [4.78, 5) is 12.0. The van der Waals surface area contributed by atoms with Crippen LogP contribution in [0.1, 0.15) is 16.1 Å². The van der Waals surface area contributed by atoms with Crippen LogP contribution >= 0.6 is 11.3 Å².